The molecule has 0 rings (SSSR count). The van der Waals surface area contributed by atoms with Gasteiger partial charge in [-0.3, -0.25) is 0 Å². The number of hydrogen-bond donors (Lipinski definition) is 0. The Bertz CT molecular complexity index is 257. The molecule has 8 heteroatoms. The van der Waals surface area contributed by atoms with Gasteiger partial charge in [0.05, 0.1) is 0 Å². The molecule has 140 valence electrons. The minimum Gasteiger partial charge on any atom is -0.377 e. The molecular weight excluding hydrogens is 332 g/mol. The van der Waals surface area contributed by atoms with Gasteiger partial charge in [-0.15, -0.1) is 0 Å². The topological polar surface area (TPSA) is 55.4 Å². The normalized spacial score (nSPS) is 14.5. The molecule has 0 aromatic heterocycles. The second-order valence-corrected chi connectivity index (χ2v) is 12.0. The van der Waals surface area contributed by atoms with Crippen LogP contribution in [0, 0.1) is 11.8 Å². The minimum atomic E-state index is -2.52. The Labute approximate surface area is 144 Å². The zero-order chi connectivity index (χ0) is 17.9. The van der Waals surface area contributed by atoms with E-state index < -0.39 is 17.6 Å². The summed E-state index contributed by atoms with van der Waals surface area (Å²) in [4.78, 5) is 0. The molecule has 0 aliphatic rings. The van der Waals surface area contributed by atoms with Crippen LogP contribution in [0.5, 0.6) is 0 Å². The maximum Gasteiger partial charge on any atom is 0.500 e. The predicted octanol–water partition coefficient (Wildman–Crippen LogP) is 3.19. The van der Waals surface area contributed by atoms with E-state index in [0.717, 1.165) is 31.4 Å². The first-order valence-electron chi connectivity index (χ1n) is 8.22. The molecule has 23 heavy (non-hydrogen) atoms. The maximum absolute atomic E-state index is 5.54. The molecule has 0 radical (unpaired) electrons. The van der Waals surface area contributed by atoms with Crippen LogP contribution in [-0.4, -0.2) is 60.3 Å². The fourth-order valence-corrected chi connectivity index (χ4v) is 6.56. The van der Waals surface area contributed by atoms with Gasteiger partial charge in [0.2, 0.25) is 0 Å². The average Bonchev–Trinajstić information content (AvgIpc) is 2.62. The van der Waals surface area contributed by atoms with E-state index in [1.807, 2.05) is 0 Å². The second kappa shape index (κ2) is 11.7. The lowest BCUT2D eigenvalue weighted by atomic mass is 9.87. The van der Waals surface area contributed by atoms with Crippen molar-refractivity contribution in [1.82, 2.24) is 0 Å². The molecule has 0 heterocycles. The first-order valence-corrected chi connectivity index (χ1v) is 12.1. The van der Waals surface area contributed by atoms with Gasteiger partial charge in [0, 0.05) is 54.7 Å². The molecule has 0 aliphatic carbocycles. The van der Waals surface area contributed by atoms with Crippen LogP contribution in [-0.2, 0) is 26.6 Å². The molecule has 0 saturated heterocycles. The summed E-state index contributed by atoms with van der Waals surface area (Å²) in [7, 11) is 4.94. The highest BCUT2D eigenvalue weighted by atomic mass is 28.4. The molecular formula is C15H36O6Si2. The molecule has 0 fully saturated rings. The molecule has 0 spiro atoms. The van der Waals surface area contributed by atoms with Gasteiger partial charge in [-0.1, -0.05) is 20.3 Å². The lowest BCUT2D eigenvalue weighted by Crippen LogP contribution is -2.44. The van der Waals surface area contributed by atoms with Crippen molar-refractivity contribution in [2.75, 3.05) is 42.7 Å². The van der Waals surface area contributed by atoms with Gasteiger partial charge in [0.25, 0.3) is 0 Å². The summed E-state index contributed by atoms with van der Waals surface area (Å²) in [6.45, 7) is 4.51. The van der Waals surface area contributed by atoms with Crippen molar-refractivity contribution in [3.05, 3.63) is 0 Å². The summed E-state index contributed by atoms with van der Waals surface area (Å²) < 4.78 is 33.2. The zero-order valence-corrected chi connectivity index (χ0v) is 18.1. The van der Waals surface area contributed by atoms with Crippen molar-refractivity contribution in [2.24, 2.45) is 11.8 Å². The van der Waals surface area contributed by atoms with Crippen molar-refractivity contribution >= 4 is 17.6 Å². The molecule has 1 unspecified atom stereocenters. The van der Waals surface area contributed by atoms with Crippen LogP contribution in [0.15, 0.2) is 0 Å². The lowest BCUT2D eigenvalue weighted by molar-refractivity contribution is 0.114. The first kappa shape index (κ1) is 23.2. The summed E-state index contributed by atoms with van der Waals surface area (Å²) in [5.74, 6) is 1.13. The van der Waals surface area contributed by atoms with E-state index in [1.165, 1.54) is 0 Å². The van der Waals surface area contributed by atoms with Crippen molar-refractivity contribution in [1.29, 1.82) is 0 Å². The van der Waals surface area contributed by atoms with Crippen LogP contribution in [0.25, 0.3) is 0 Å². The molecule has 0 saturated carbocycles. The fraction of sp³-hybridized carbons (Fsp3) is 1.00. The standard InChI is InChI=1S/C15H36O6Si2/c1-9-14(2)15(10-12-22(16-3,17-4)18-5)11-13-23(19-6,20-7)21-8/h14-15H,9-13H2,1-8H3. The Kier molecular flexibility index (Phi) is 11.8. The van der Waals surface area contributed by atoms with Crippen LogP contribution in [0.4, 0.5) is 0 Å². The van der Waals surface area contributed by atoms with Gasteiger partial charge in [-0.05, 0) is 24.7 Å². The van der Waals surface area contributed by atoms with Crippen LogP contribution in [0.3, 0.4) is 0 Å². The number of hydrogen-bond acceptors (Lipinski definition) is 6. The van der Waals surface area contributed by atoms with E-state index in [-0.39, 0.29) is 0 Å². The second-order valence-electron chi connectivity index (χ2n) is 5.81. The summed E-state index contributed by atoms with van der Waals surface area (Å²) in [6.07, 6.45) is 3.13. The SMILES string of the molecule is CCC(C)C(CC[Si](OC)(OC)OC)CC[Si](OC)(OC)OC. The Hall–Kier alpha value is 0.194. The van der Waals surface area contributed by atoms with E-state index in [2.05, 4.69) is 13.8 Å². The third-order valence-electron chi connectivity index (χ3n) is 4.96. The van der Waals surface area contributed by atoms with Gasteiger partial charge in [0.15, 0.2) is 0 Å². The average molecular weight is 369 g/mol. The Balaban J connectivity index is 4.83. The van der Waals surface area contributed by atoms with E-state index >= 15 is 0 Å². The smallest absolute Gasteiger partial charge is 0.377 e. The van der Waals surface area contributed by atoms with Crippen LogP contribution >= 0.6 is 0 Å². The Morgan fingerprint density at radius 1 is 0.652 bits per heavy atom. The molecule has 0 aromatic carbocycles. The van der Waals surface area contributed by atoms with Crippen LogP contribution < -0.4 is 0 Å². The summed E-state index contributed by atoms with van der Waals surface area (Å²) in [6, 6.07) is 1.63. The van der Waals surface area contributed by atoms with Crippen molar-refractivity contribution in [2.45, 2.75) is 45.2 Å². The van der Waals surface area contributed by atoms with E-state index in [1.54, 1.807) is 42.7 Å². The molecule has 1 atom stereocenters. The van der Waals surface area contributed by atoms with Gasteiger partial charge in [-0.2, -0.15) is 0 Å². The third-order valence-corrected chi connectivity index (χ3v) is 10.5. The monoisotopic (exact) mass is 368 g/mol. The summed E-state index contributed by atoms with van der Waals surface area (Å²) in [5.41, 5.74) is 0. The minimum absolute atomic E-state index is 0.527. The van der Waals surface area contributed by atoms with Crippen molar-refractivity contribution in [3.63, 3.8) is 0 Å². The lowest BCUT2D eigenvalue weighted by Gasteiger charge is -2.31. The van der Waals surface area contributed by atoms with E-state index in [9.17, 15) is 0 Å². The Morgan fingerprint density at radius 2 is 0.957 bits per heavy atom. The highest BCUT2D eigenvalue weighted by molar-refractivity contribution is 6.61. The third kappa shape index (κ3) is 6.91. The largest absolute Gasteiger partial charge is 0.500 e. The molecule has 0 aromatic rings. The van der Waals surface area contributed by atoms with Gasteiger partial charge >= 0.3 is 17.6 Å². The Morgan fingerprint density at radius 3 is 1.17 bits per heavy atom. The van der Waals surface area contributed by atoms with Crippen molar-refractivity contribution < 1.29 is 26.6 Å². The number of rotatable bonds is 14. The highest BCUT2D eigenvalue weighted by Gasteiger charge is 2.41. The molecule has 6 nitrogen and oxygen atoms in total. The van der Waals surface area contributed by atoms with Crippen molar-refractivity contribution in [3.8, 4) is 0 Å². The quantitative estimate of drug-likeness (QED) is 0.439. The highest BCUT2D eigenvalue weighted by Crippen LogP contribution is 2.31. The molecule has 0 aliphatic heterocycles. The molecule has 0 bridgehead atoms. The molecule has 0 N–H and O–H groups in total. The van der Waals surface area contributed by atoms with Crippen LogP contribution in [0.2, 0.25) is 12.1 Å². The maximum atomic E-state index is 5.54. The zero-order valence-electron chi connectivity index (χ0n) is 16.1. The summed E-state index contributed by atoms with van der Waals surface area (Å²) in [5, 5.41) is 0. The van der Waals surface area contributed by atoms with E-state index in [0.29, 0.717) is 11.8 Å². The van der Waals surface area contributed by atoms with Crippen LogP contribution in [0.1, 0.15) is 33.1 Å². The van der Waals surface area contributed by atoms with Gasteiger partial charge < -0.3 is 26.6 Å². The van der Waals surface area contributed by atoms with Gasteiger partial charge in [-0.25, -0.2) is 0 Å². The first-order chi connectivity index (χ1) is 10.9. The van der Waals surface area contributed by atoms with E-state index in [4.69, 9.17) is 26.6 Å². The van der Waals surface area contributed by atoms with Gasteiger partial charge in [0.1, 0.15) is 0 Å². The predicted molar refractivity (Wildman–Crippen MR) is 95.4 cm³/mol. The fourth-order valence-electron chi connectivity index (χ4n) is 2.88. The molecule has 0 amide bonds. The summed E-state index contributed by atoms with van der Waals surface area (Å²) >= 11 is 0.